The Balaban J connectivity index is 2.12. The van der Waals surface area contributed by atoms with Crippen LogP contribution in [0.25, 0.3) is 0 Å². The van der Waals surface area contributed by atoms with Gasteiger partial charge < -0.3 is 9.80 Å². The zero-order chi connectivity index (χ0) is 15.9. The summed E-state index contributed by atoms with van der Waals surface area (Å²) in [5.74, 6) is 0.145. The van der Waals surface area contributed by atoms with Crippen LogP contribution in [-0.2, 0) is 11.3 Å². The monoisotopic (exact) mass is 298 g/mol. The second-order valence-electron chi connectivity index (χ2n) is 5.41. The predicted octanol–water partition coefficient (Wildman–Crippen LogP) is 2.62. The van der Waals surface area contributed by atoms with Crippen LogP contribution in [0.3, 0.4) is 0 Å². The van der Waals surface area contributed by atoms with Crippen LogP contribution in [0.5, 0.6) is 0 Å². The molecular formula is C18H22N2O2. The molecule has 1 fully saturated rings. The Morgan fingerprint density at radius 2 is 2.00 bits per heavy atom. The molecule has 0 N–H and O–H groups in total. The number of amides is 2. The van der Waals surface area contributed by atoms with E-state index in [-0.39, 0.29) is 11.8 Å². The zero-order valence-electron chi connectivity index (χ0n) is 12.8. The van der Waals surface area contributed by atoms with Gasteiger partial charge in [0.2, 0.25) is 5.91 Å². The third-order valence-corrected chi connectivity index (χ3v) is 3.70. The number of nitrogens with zero attached hydrogens (tertiary/aromatic N) is 2. The van der Waals surface area contributed by atoms with Gasteiger partial charge in [0.05, 0.1) is 0 Å². The maximum Gasteiger partial charge on any atom is 0.254 e. The lowest BCUT2D eigenvalue weighted by Gasteiger charge is -2.20. The van der Waals surface area contributed by atoms with Crippen molar-refractivity contribution in [2.24, 2.45) is 0 Å². The van der Waals surface area contributed by atoms with Gasteiger partial charge in [0.15, 0.2) is 0 Å². The summed E-state index contributed by atoms with van der Waals surface area (Å²) in [6.45, 7) is 9.71. The van der Waals surface area contributed by atoms with E-state index in [0.29, 0.717) is 31.6 Å². The molecule has 1 aromatic carbocycles. The predicted molar refractivity (Wildman–Crippen MR) is 87.4 cm³/mol. The fraction of sp³-hybridized carbons (Fsp3) is 0.333. The topological polar surface area (TPSA) is 40.6 Å². The summed E-state index contributed by atoms with van der Waals surface area (Å²) in [4.78, 5) is 27.8. The van der Waals surface area contributed by atoms with E-state index in [1.165, 1.54) is 0 Å². The summed E-state index contributed by atoms with van der Waals surface area (Å²) in [6, 6.07) is 7.49. The highest BCUT2D eigenvalue weighted by molar-refractivity contribution is 5.94. The third kappa shape index (κ3) is 3.85. The maximum atomic E-state index is 12.5. The largest absolute Gasteiger partial charge is 0.338 e. The average Bonchev–Trinajstić information content (AvgIpc) is 2.92. The smallest absolute Gasteiger partial charge is 0.254 e. The van der Waals surface area contributed by atoms with Crippen LogP contribution < -0.4 is 0 Å². The summed E-state index contributed by atoms with van der Waals surface area (Å²) in [5, 5.41) is 0. The van der Waals surface area contributed by atoms with Crippen molar-refractivity contribution in [2.75, 3.05) is 19.6 Å². The number of carbonyl (C=O) groups excluding carboxylic acids is 2. The number of likely N-dealkylation sites (tertiary alicyclic amines) is 1. The molecular weight excluding hydrogens is 276 g/mol. The normalized spacial score (nSPS) is 14.0. The summed E-state index contributed by atoms with van der Waals surface area (Å²) < 4.78 is 0. The van der Waals surface area contributed by atoms with E-state index >= 15 is 0 Å². The van der Waals surface area contributed by atoms with Crippen molar-refractivity contribution >= 4 is 11.8 Å². The molecule has 2 amide bonds. The SMILES string of the molecule is C=CCN(CC=C)C(=O)c1cccc(CN2CCCC2=O)c1. The quantitative estimate of drug-likeness (QED) is 0.726. The van der Waals surface area contributed by atoms with Crippen molar-refractivity contribution < 1.29 is 9.59 Å². The molecule has 2 rings (SSSR count). The standard InChI is InChI=1S/C18H22N2O2/c1-3-10-19(11-4-2)18(22)16-8-5-7-15(13-16)14-20-12-6-9-17(20)21/h3-5,7-8,13H,1-2,6,9-12,14H2. The van der Waals surface area contributed by atoms with Gasteiger partial charge in [-0.1, -0.05) is 24.3 Å². The molecule has 1 aliphatic rings. The van der Waals surface area contributed by atoms with E-state index in [9.17, 15) is 9.59 Å². The highest BCUT2D eigenvalue weighted by Crippen LogP contribution is 2.16. The molecule has 1 heterocycles. The first-order valence-electron chi connectivity index (χ1n) is 7.53. The van der Waals surface area contributed by atoms with Crippen LogP contribution in [0.2, 0.25) is 0 Å². The summed E-state index contributed by atoms with van der Waals surface area (Å²) in [6.07, 6.45) is 4.96. The lowest BCUT2D eigenvalue weighted by Crippen LogP contribution is -2.31. The molecule has 22 heavy (non-hydrogen) atoms. The molecule has 1 aliphatic heterocycles. The van der Waals surface area contributed by atoms with Gasteiger partial charge in [0.25, 0.3) is 5.91 Å². The first-order chi connectivity index (χ1) is 10.7. The minimum Gasteiger partial charge on any atom is -0.338 e. The molecule has 0 saturated carbocycles. The van der Waals surface area contributed by atoms with Crippen LogP contribution in [0.4, 0.5) is 0 Å². The van der Waals surface area contributed by atoms with E-state index in [2.05, 4.69) is 13.2 Å². The fourth-order valence-electron chi connectivity index (χ4n) is 2.63. The molecule has 116 valence electrons. The van der Waals surface area contributed by atoms with Crippen molar-refractivity contribution in [1.82, 2.24) is 9.80 Å². The Kier molecular flexibility index (Phi) is 5.53. The Morgan fingerprint density at radius 3 is 2.59 bits per heavy atom. The van der Waals surface area contributed by atoms with Gasteiger partial charge in [-0.2, -0.15) is 0 Å². The van der Waals surface area contributed by atoms with E-state index in [1.807, 2.05) is 23.1 Å². The Bertz CT molecular complexity index is 570. The van der Waals surface area contributed by atoms with Gasteiger partial charge in [0, 0.05) is 38.2 Å². The highest BCUT2D eigenvalue weighted by atomic mass is 16.2. The molecule has 4 nitrogen and oxygen atoms in total. The average molecular weight is 298 g/mol. The molecule has 0 spiro atoms. The molecule has 0 aromatic heterocycles. The van der Waals surface area contributed by atoms with Crippen molar-refractivity contribution in [3.05, 3.63) is 60.7 Å². The maximum absolute atomic E-state index is 12.5. The molecule has 4 heteroatoms. The number of hydrogen-bond acceptors (Lipinski definition) is 2. The number of carbonyl (C=O) groups is 2. The van der Waals surface area contributed by atoms with Crippen LogP contribution in [0, 0.1) is 0 Å². The van der Waals surface area contributed by atoms with Gasteiger partial charge in [-0.3, -0.25) is 9.59 Å². The summed E-state index contributed by atoms with van der Waals surface area (Å²) in [7, 11) is 0. The second-order valence-corrected chi connectivity index (χ2v) is 5.41. The Hall–Kier alpha value is -2.36. The van der Waals surface area contributed by atoms with Crippen LogP contribution in [-0.4, -0.2) is 41.2 Å². The van der Waals surface area contributed by atoms with Crippen LogP contribution >= 0.6 is 0 Å². The molecule has 0 aliphatic carbocycles. The molecule has 0 bridgehead atoms. The minimum atomic E-state index is -0.0469. The Labute approximate surface area is 131 Å². The van der Waals surface area contributed by atoms with Gasteiger partial charge in [-0.05, 0) is 24.1 Å². The van der Waals surface area contributed by atoms with Gasteiger partial charge in [-0.15, -0.1) is 13.2 Å². The molecule has 0 unspecified atom stereocenters. The van der Waals surface area contributed by atoms with E-state index in [0.717, 1.165) is 18.5 Å². The van der Waals surface area contributed by atoms with Crippen molar-refractivity contribution in [1.29, 1.82) is 0 Å². The van der Waals surface area contributed by atoms with E-state index < -0.39 is 0 Å². The highest BCUT2D eigenvalue weighted by Gasteiger charge is 2.20. The summed E-state index contributed by atoms with van der Waals surface area (Å²) in [5.41, 5.74) is 1.62. The van der Waals surface area contributed by atoms with Crippen LogP contribution in [0.15, 0.2) is 49.6 Å². The van der Waals surface area contributed by atoms with Gasteiger partial charge in [0.1, 0.15) is 0 Å². The molecule has 0 atom stereocenters. The number of rotatable bonds is 7. The Morgan fingerprint density at radius 1 is 1.27 bits per heavy atom. The molecule has 1 aromatic rings. The fourth-order valence-corrected chi connectivity index (χ4v) is 2.63. The van der Waals surface area contributed by atoms with E-state index in [1.54, 1.807) is 23.1 Å². The third-order valence-electron chi connectivity index (χ3n) is 3.70. The number of hydrogen-bond donors (Lipinski definition) is 0. The van der Waals surface area contributed by atoms with Crippen LogP contribution in [0.1, 0.15) is 28.8 Å². The molecule has 0 radical (unpaired) electrons. The van der Waals surface area contributed by atoms with Crippen molar-refractivity contribution in [2.45, 2.75) is 19.4 Å². The van der Waals surface area contributed by atoms with Crippen molar-refractivity contribution in [3.8, 4) is 0 Å². The lowest BCUT2D eigenvalue weighted by atomic mass is 10.1. The zero-order valence-corrected chi connectivity index (χ0v) is 12.8. The van der Waals surface area contributed by atoms with Gasteiger partial charge in [-0.25, -0.2) is 0 Å². The van der Waals surface area contributed by atoms with Crippen molar-refractivity contribution in [3.63, 3.8) is 0 Å². The number of benzene rings is 1. The lowest BCUT2D eigenvalue weighted by molar-refractivity contribution is -0.128. The minimum absolute atomic E-state index is 0.0469. The first-order valence-corrected chi connectivity index (χ1v) is 7.53. The van der Waals surface area contributed by atoms with Gasteiger partial charge >= 0.3 is 0 Å². The summed E-state index contributed by atoms with van der Waals surface area (Å²) >= 11 is 0. The van der Waals surface area contributed by atoms with E-state index in [4.69, 9.17) is 0 Å². The first kappa shape index (κ1) is 16.0. The molecule has 1 saturated heterocycles. The second kappa shape index (κ2) is 7.59.